The molecule has 0 unspecified atom stereocenters. The van der Waals surface area contributed by atoms with E-state index in [2.05, 4.69) is 62.4 Å². The zero-order chi connectivity index (χ0) is 21.3. The smallest absolute Gasteiger partial charge is 0.0991 e. The molecular weight excluding hydrogens is 366 g/mol. The van der Waals surface area contributed by atoms with Crippen LogP contribution in [0.2, 0.25) is 0 Å². The molecule has 3 nitrogen and oxygen atoms in total. The number of aromatic nitrogens is 2. The minimum atomic E-state index is 0.654. The molecule has 0 radical (unpaired) electrons. The molecule has 4 rings (SSSR count). The summed E-state index contributed by atoms with van der Waals surface area (Å²) in [5, 5.41) is 9.10. The molecule has 0 N–H and O–H groups in total. The topological polar surface area (TPSA) is 49.6 Å². The van der Waals surface area contributed by atoms with E-state index in [1.165, 1.54) is 22.3 Å². The molecule has 1 heterocycles. The number of rotatable bonds is 3. The lowest BCUT2D eigenvalue weighted by molar-refractivity contribution is 1.12. The quantitative estimate of drug-likeness (QED) is 0.397. The van der Waals surface area contributed by atoms with Crippen LogP contribution >= 0.6 is 0 Å². The Kier molecular flexibility index (Phi) is 5.16. The first-order valence-electron chi connectivity index (χ1n) is 9.99. The second-order valence-corrected chi connectivity index (χ2v) is 7.73. The molecule has 0 saturated carbocycles. The molecule has 0 fully saturated rings. The average molecular weight is 390 g/mol. The maximum Gasteiger partial charge on any atom is 0.0991 e. The molecule has 0 aliphatic carbocycles. The molecule has 1 aromatic heterocycles. The summed E-state index contributed by atoms with van der Waals surface area (Å²) in [6.45, 7) is 8.25. The van der Waals surface area contributed by atoms with Crippen molar-refractivity contribution in [2.75, 3.05) is 0 Å². The van der Waals surface area contributed by atoms with Gasteiger partial charge in [-0.2, -0.15) is 5.26 Å². The van der Waals surface area contributed by atoms with Crippen LogP contribution in [0.4, 0.5) is 0 Å². The highest BCUT2D eigenvalue weighted by Gasteiger charge is 2.12. The Hall–Kier alpha value is -3.77. The van der Waals surface area contributed by atoms with Crippen LogP contribution in [0.25, 0.3) is 33.6 Å². The van der Waals surface area contributed by atoms with E-state index in [-0.39, 0.29) is 0 Å². The second kappa shape index (κ2) is 7.93. The van der Waals surface area contributed by atoms with E-state index in [0.29, 0.717) is 5.56 Å². The summed E-state index contributed by atoms with van der Waals surface area (Å²) < 4.78 is 0. The molecule has 0 atom stereocenters. The minimum absolute atomic E-state index is 0.654. The zero-order valence-electron chi connectivity index (χ0n) is 17.7. The van der Waals surface area contributed by atoms with Gasteiger partial charge in [-0.1, -0.05) is 36.4 Å². The maximum atomic E-state index is 9.10. The minimum Gasteiger partial charge on any atom is -0.252 e. The summed E-state index contributed by atoms with van der Waals surface area (Å²) in [5.74, 6) is 0. The Morgan fingerprint density at radius 2 is 1.53 bits per heavy atom. The van der Waals surface area contributed by atoms with Gasteiger partial charge in [0.15, 0.2) is 0 Å². The molecule has 0 aliphatic rings. The van der Waals surface area contributed by atoms with Crippen LogP contribution in [0, 0.1) is 39.0 Å². The SMILES string of the molecule is Cc1cc(-c2ccccc2C)cc(-c2ncc(-c3ccc(C#N)cc3C)nc2C)c1. The van der Waals surface area contributed by atoms with Crippen molar-refractivity contribution in [3.63, 3.8) is 0 Å². The van der Waals surface area contributed by atoms with Gasteiger partial charge in [0.1, 0.15) is 0 Å². The third kappa shape index (κ3) is 3.73. The van der Waals surface area contributed by atoms with Gasteiger partial charge in [0.2, 0.25) is 0 Å². The number of nitriles is 1. The summed E-state index contributed by atoms with van der Waals surface area (Å²) in [7, 11) is 0. The van der Waals surface area contributed by atoms with Crippen LogP contribution in [-0.4, -0.2) is 9.97 Å². The van der Waals surface area contributed by atoms with Crippen molar-refractivity contribution in [2.24, 2.45) is 0 Å². The molecule has 146 valence electrons. The molecule has 3 aromatic carbocycles. The van der Waals surface area contributed by atoms with Crippen LogP contribution in [-0.2, 0) is 0 Å². The van der Waals surface area contributed by atoms with Gasteiger partial charge in [0, 0.05) is 11.1 Å². The molecule has 0 saturated heterocycles. The fraction of sp³-hybridized carbons (Fsp3) is 0.148. The molecule has 0 amide bonds. The first-order valence-corrected chi connectivity index (χ1v) is 9.99. The van der Waals surface area contributed by atoms with Crippen molar-refractivity contribution in [3.05, 3.63) is 94.8 Å². The summed E-state index contributed by atoms with van der Waals surface area (Å²) in [5.41, 5.74) is 11.2. The van der Waals surface area contributed by atoms with Crippen LogP contribution < -0.4 is 0 Å². The highest BCUT2D eigenvalue weighted by atomic mass is 14.8. The normalized spacial score (nSPS) is 10.6. The molecule has 0 aliphatic heterocycles. The average Bonchev–Trinajstić information content (AvgIpc) is 2.73. The predicted octanol–water partition coefficient (Wildman–Crippen LogP) is 6.58. The highest BCUT2D eigenvalue weighted by Crippen LogP contribution is 2.31. The summed E-state index contributed by atoms with van der Waals surface area (Å²) in [6.07, 6.45) is 1.83. The monoisotopic (exact) mass is 389 g/mol. The van der Waals surface area contributed by atoms with Crippen molar-refractivity contribution in [3.8, 4) is 39.7 Å². The van der Waals surface area contributed by atoms with E-state index in [1.54, 1.807) is 0 Å². The van der Waals surface area contributed by atoms with E-state index in [9.17, 15) is 0 Å². The third-order valence-corrected chi connectivity index (χ3v) is 5.39. The summed E-state index contributed by atoms with van der Waals surface area (Å²) in [4.78, 5) is 9.62. The summed E-state index contributed by atoms with van der Waals surface area (Å²) >= 11 is 0. The van der Waals surface area contributed by atoms with Gasteiger partial charge in [-0.15, -0.1) is 0 Å². The van der Waals surface area contributed by atoms with Gasteiger partial charge < -0.3 is 0 Å². The van der Waals surface area contributed by atoms with E-state index < -0.39 is 0 Å². The highest BCUT2D eigenvalue weighted by molar-refractivity contribution is 5.76. The largest absolute Gasteiger partial charge is 0.252 e. The van der Waals surface area contributed by atoms with Gasteiger partial charge in [-0.05, 0) is 79.8 Å². The number of hydrogen-bond acceptors (Lipinski definition) is 3. The van der Waals surface area contributed by atoms with Gasteiger partial charge in [-0.25, -0.2) is 4.98 Å². The van der Waals surface area contributed by atoms with E-state index in [4.69, 9.17) is 15.2 Å². The summed E-state index contributed by atoms with van der Waals surface area (Å²) in [6, 6.07) is 22.8. The number of hydrogen-bond donors (Lipinski definition) is 0. The van der Waals surface area contributed by atoms with Crippen molar-refractivity contribution >= 4 is 0 Å². The van der Waals surface area contributed by atoms with Gasteiger partial charge >= 0.3 is 0 Å². The van der Waals surface area contributed by atoms with Gasteiger partial charge in [0.05, 0.1) is 34.9 Å². The lowest BCUT2D eigenvalue weighted by atomic mass is 9.95. The van der Waals surface area contributed by atoms with Crippen molar-refractivity contribution < 1.29 is 0 Å². The van der Waals surface area contributed by atoms with Gasteiger partial charge in [-0.3, -0.25) is 4.98 Å². The number of nitrogens with zero attached hydrogens (tertiary/aromatic N) is 3. The van der Waals surface area contributed by atoms with E-state index in [1.807, 2.05) is 38.2 Å². The molecule has 0 bridgehead atoms. The lowest BCUT2D eigenvalue weighted by Crippen LogP contribution is -1.97. The van der Waals surface area contributed by atoms with E-state index >= 15 is 0 Å². The van der Waals surface area contributed by atoms with Crippen molar-refractivity contribution in [2.45, 2.75) is 27.7 Å². The lowest BCUT2D eigenvalue weighted by Gasteiger charge is -2.12. The Morgan fingerprint density at radius 1 is 0.767 bits per heavy atom. The molecular formula is C27H23N3. The van der Waals surface area contributed by atoms with Crippen LogP contribution in [0.5, 0.6) is 0 Å². The third-order valence-electron chi connectivity index (χ3n) is 5.39. The standard InChI is InChI=1S/C27H23N3/c1-17-11-22(24-8-6-5-7-18(24)2)14-23(12-17)27-20(4)30-26(16-29-27)25-10-9-21(15-28)13-19(25)3/h5-14,16H,1-4H3. The number of benzene rings is 3. The maximum absolute atomic E-state index is 9.10. The molecule has 30 heavy (non-hydrogen) atoms. The van der Waals surface area contributed by atoms with Crippen molar-refractivity contribution in [1.29, 1.82) is 5.26 Å². The second-order valence-electron chi connectivity index (χ2n) is 7.73. The van der Waals surface area contributed by atoms with Crippen LogP contribution in [0.1, 0.15) is 27.9 Å². The molecule has 0 spiro atoms. The fourth-order valence-electron chi connectivity index (χ4n) is 3.89. The van der Waals surface area contributed by atoms with Crippen LogP contribution in [0.15, 0.2) is 66.9 Å². The van der Waals surface area contributed by atoms with Crippen LogP contribution in [0.3, 0.4) is 0 Å². The predicted molar refractivity (Wildman–Crippen MR) is 122 cm³/mol. The number of aryl methyl sites for hydroxylation is 4. The zero-order valence-corrected chi connectivity index (χ0v) is 17.7. The molecule has 3 heteroatoms. The molecule has 4 aromatic rings. The van der Waals surface area contributed by atoms with Gasteiger partial charge in [0.25, 0.3) is 0 Å². The first-order chi connectivity index (χ1) is 14.5. The Balaban J connectivity index is 1.77. The van der Waals surface area contributed by atoms with Crippen molar-refractivity contribution in [1.82, 2.24) is 9.97 Å². The Labute approximate surface area is 177 Å². The Bertz CT molecular complexity index is 1300. The van der Waals surface area contributed by atoms with E-state index in [0.717, 1.165) is 33.8 Å². The first kappa shape index (κ1) is 19.5. The Morgan fingerprint density at radius 3 is 2.23 bits per heavy atom. The fourth-order valence-corrected chi connectivity index (χ4v) is 3.89.